The normalized spacial score (nSPS) is 20.4. The minimum absolute atomic E-state index is 0.122. The van der Waals surface area contributed by atoms with Gasteiger partial charge in [-0.25, -0.2) is 0 Å². The van der Waals surface area contributed by atoms with E-state index in [1.54, 1.807) is 6.20 Å². The van der Waals surface area contributed by atoms with Gasteiger partial charge in [0.25, 0.3) is 0 Å². The largest absolute Gasteiger partial charge is 0.346 e. The Kier molecular flexibility index (Phi) is 2.90. The maximum Gasteiger partial charge on any atom is 0.228 e. The first-order chi connectivity index (χ1) is 10.6. The summed E-state index contributed by atoms with van der Waals surface area (Å²) in [5.74, 6) is 0.196. The first kappa shape index (κ1) is 13.6. The van der Waals surface area contributed by atoms with E-state index >= 15 is 0 Å². The summed E-state index contributed by atoms with van der Waals surface area (Å²) < 4.78 is 1.87. The van der Waals surface area contributed by atoms with Crippen LogP contribution in [0.2, 0.25) is 0 Å². The van der Waals surface area contributed by atoms with Gasteiger partial charge in [-0.05, 0) is 44.2 Å². The summed E-state index contributed by atoms with van der Waals surface area (Å²) in [7, 11) is 0. The van der Waals surface area contributed by atoms with E-state index in [0.717, 1.165) is 25.7 Å². The minimum Gasteiger partial charge on any atom is -0.346 e. The number of carbonyl (C=O) groups excluding carboxylic acids is 1. The van der Waals surface area contributed by atoms with Crippen LogP contribution in [0.4, 0.5) is 0 Å². The molecular weight excluding hydrogens is 274 g/mol. The molecule has 4 heteroatoms. The number of rotatable bonds is 5. The fourth-order valence-corrected chi connectivity index (χ4v) is 3.22. The molecule has 22 heavy (non-hydrogen) atoms. The molecule has 2 aliphatic rings. The smallest absolute Gasteiger partial charge is 0.228 e. The lowest BCUT2D eigenvalue weighted by Gasteiger charge is -2.23. The average Bonchev–Trinajstić information content (AvgIpc) is 3.39. The van der Waals surface area contributed by atoms with Crippen LogP contribution in [0.3, 0.4) is 0 Å². The molecule has 4 rings (SSSR count). The maximum atomic E-state index is 12.8. The van der Waals surface area contributed by atoms with Crippen molar-refractivity contribution in [3.05, 3.63) is 53.9 Å². The Labute approximate surface area is 130 Å². The molecule has 0 spiro atoms. The first-order valence-electron chi connectivity index (χ1n) is 7.99. The highest BCUT2D eigenvalue weighted by Crippen LogP contribution is 2.51. The van der Waals surface area contributed by atoms with Gasteiger partial charge in [0, 0.05) is 12.4 Å². The van der Waals surface area contributed by atoms with Crippen molar-refractivity contribution >= 4 is 5.91 Å². The van der Waals surface area contributed by atoms with Gasteiger partial charge in [-0.1, -0.05) is 29.8 Å². The Morgan fingerprint density at radius 1 is 1.27 bits per heavy atom. The summed E-state index contributed by atoms with van der Waals surface area (Å²) in [6.07, 6.45) is 7.70. The number of hydrogen-bond donors (Lipinski definition) is 1. The Balaban J connectivity index is 1.50. The van der Waals surface area contributed by atoms with Crippen LogP contribution in [0.25, 0.3) is 0 Å². The van der Waals surface area contributed by atoms with E-state index < -0.39 is 0 Å². The molecule has 114 valence electrons. The molecule has 2 saturated carbocycles. The molecule has 1 N–H and O–H groups in total. The van der Waals surface area contributed by atoms with Gasteiger partial charge in [0.1, 0.15) is 0 Å². The highest BCUT2D eigenvalue weighted by molar-refractivity contribution is 5.86. The number of aryl methyl sites for hydroxylation is 1. The standard InChI is InChI=1S/C18H21N3O/c1-14-4-2-5-15(12-14)18(8-9-18)20-16(22)17(6-7-17)13-21-11-3-10-19-21/h2-5,10-12H,6-9,13H2,1H3,(H,20,22). The van der Waals surface area contributed by atoms with Crippen LogP contribution in [-0.4, -0.2) is 15.7 Å². The second-order valence-electron chi connectivity index (χ2n) is 6.89. The number of benzene rings is 1. The van der Waals surface area contributed by atoms with E-state index in [-0.39, 0.29) is 16.9 Å². The van der Waals surface area contributed by atoms with Crippen molar-refractivity contribution in [1.82, 2.24) is 15.1 Å². The number of carbonyl (C=O) groups is 1. The summed E-state index contributed by atoms with van der Waals surface area (Å²) in [4.78, 5) is 12.8. The van der Waals surface area contributed by atoms with Gasteiger partial charge in [0.15, 0.2) is 0 Å². The average molecular weight is 295 g/mol. The number of nitrogens with zero attached hydrogens (tertiary/aromatic N) is 2. The van der Waals surface area contributed by atoms with Crippen LogP contribution in [0.15, 0.2) is 42.7 Å². The lowest BCUT2D eigenvalue weighted by atomic mass is 10.00. The van der Waals surface area contributed by atoms with E-state index in [0.29, 0.717) is 6.54 Å². The zero-order valence-electron chi connectivity index (χ0n) is 12.9. The molecule has 0 radical (unpaired) electrons. The second kappa shape index (κ2) is 4.70. The third-order valence-electron chi connectivity index (χ3n) is 5.03. The van der Waals surface area contributed by atoms with Crippen molar-refractivity contribution < 1.29 is 4.79 Å². The predicted octanol–water partition coefficient (Wildman–Crippen LogP) is 2.78. The fraction of sp³-hybridized carbons (Fsp3) is 0.444. The molecule has 1 aromatic heterocycles. The van der Waals surface area contributed by atoms with E-state index in [1.165, 1.54) is 11.1 Å². The van der Waals surface area contributed by atoms with Crippen molar-refractivity contribution in [2.45, 2.75) is 44.7 Å². The second-order valence-corrected chi connectivity index (χ2v) is 6.89. The molecule has 1 amide bonds. The van der Waals surface area contributed by atoms with Crippen LogP contribution in [0.5, 0.6) is 0 Å². The number of aromatic nitrogens is 2. The van der Waals surface area contributed by atoms with Gasteiger partial charge in [-0.2, -0.15) is 5.10 Å². The third kappa shape index (κ3) is 2.32. The summed E-state index contributed by atoms with van der Waals surface area (Å²) in [5, 5.41) is 7.59. The third-order valence-corrected chi connectivity index (χ3v) is 5.03. The van der Waals surface area contributed by atoms with Crippen LogP contribution < -0.4 is 5.32 Å². The lowest BCUT2D eigenvalue weighted by molar-refractivity contribution is -0.128. The molecule has 2 aliphatic carbocycles. The molecule has 2 fully saturated rings. The summed E-state index contributed by atoms with van der Waals surface area (Å²) >= 11 is 0. The van der Waals surface area contributed by atoms with Gasteiger partial charge >= 0.3 is 0 Å². The van der Waals surface area contributed by atoms with E-state index in [4.69, 9.17) is 0 Å². The Morgan fingerprint density at radius 2 is 2.09 bits per heavy atom. The van der Waals surface area contributed by atoms with Gasteiger partial charge in [0.05, 0.1) is 17.5 Å². The summed E-state index contributed by atoms with van der Waals surface area (Å²) in [5.41, 5.74) is 2.13. The highest BCUT2D eigenvalue weighted by atomic mass is 16.2. The number of amides is 1. The molecule has 0 unspecified atom stereocenters. The molecule has 0 bridgehead atoms. The number of hydrogen-bond acceptors (Lipinski definition) is 2. The monoisotopic (exact) mass is 295 g/mol. The predicted molar refractivity (Wildman–Crippen MR) is 84.1 cm³/mol. The van der Waals surface area contributed by atoms with Crippen molar-refractivity contribution in [3.63, 3.8) is 0 Å². The molecule has 1 heterocycles. The van der Waals surface area contributed by atoms with Crippen molar-refractivity contribution in [3.8, 4) is 0 Å². The van der Waals surface area contributed by atoms with E-state index in [2.05, 4.69) is 41.6 Å². The summed E-state index contributed by atoms with van der Waals surface area (Å²) in [6, 6.07) is 10.4. The van der Waals surface area contributed by atoms with Crippen LogP contribution >= 0.6 is 0 Å². The zero-order chi connectivity index (χ0) is 15.2. The minimum atomic E-state index is -0.245. The lowest BCUT2D eigenvalue weighted by Crippen LogP contribution is -2.41. The van der Waals surface area contributed by atoms with Gasteiger partial charge in [-0.3, -0.25) is 9.48 Å². The van der Waals surface area contributed by atoms with Crippen LogP contribution in [-0.2, 0) is 16.9 Å². The van der Waals surface area contributed by atoms with Gasteiger partial charge < -0.3 is 5.32 Å². The molecule has 0 aliphatic heterocycles. The van der Waals surface area contributed by atoms with Crippen molar-refractivity contribution in [2.75, 3.05) is 0 Å². The SMILES string of the molecule is Cc1cccc(C2(NC(=O)C3(Cn4cccn4)CC3)CC2)c1. The molecule has 1 aromatic carbocycles. The van der Waals surface area contributed by atoms with Crippen molar-refractivity contribution in [2.24, 2.45) is 5.41 Å². The Hall–Kier alpha value is -2.10. The maximum absolute atomic E-state index is 12.8. The molecular formula is C18H21N3O. The zero-order valence-corrected chi connectivity index (χ0v) is 12.9. The Bertz CT molecular complexity index is 697. The quantitative estimate of drug-likeness (QED) is 0.922. The topological polar surface area (TPSA) is 46.9 Å². The molecule has 0 saturated heterocycles. The fourth-order valence-electron chi connectivity index (χ4n) is 3.22. The van der Waals surface area contributed by atoms with Gasteiger partial charge in [0.2, 0.25) is 5.91 Å². The van der Waals surface area contributed by atoms with Crippen molar-refractivity contribution in [1.29, 1.82) is 0 Å². The van der Waals surface area contributed by atoms with E-state index in [1.807, 2.05) is 16.9 Å². The van der Waals surface area contributed by atoms with Gasteiger partial charge in [-0.15, -0.1) is 0 Å². The molecule has 2 aromatic rings. The number of nitrogens with one attached hydrogen (secondary N) is 1. The molecule has 4 nitrogen and oxygen atoms in total. The van der Waals surface area contributed by atoms with Crippen LogP contribution in [0.1, 0.15) is 36.8 Å². The summed E-state index contributed by atoms with van der Waals surface area (Å²) in [6.45, 7) is 2.79. The first-order valence-corrected chi connectivity index (χ1v) is 7.99. The van der Waals surface area contributed by atoms with Crippen LogP contribution in [0, 0.1) is 12.3 Å². The molecule has 0 atom stereocenters. The van der Waals surface area contributed by atoms with E-state index in [9.17, 15) is 4.79 Å². The highest BCUT2D eigenvalue weighted by Gasteiger charge is 2.55. The Morgan fingerprint density at radius 3 is 2.68 bits per heavy atom.